The molecule has 3 aliphatic carbocycles. The van der Waals surface area contributed by atoms with Crippen LogP contribution in [0.5, 0.6) is 0 Å². The van der Waals surface area contributed by atoms with Crippen LogP contribution in [0.3, 0.4) is 0 Å². The highest BCUT2D eigenvalue weighted by atomic mass is 32.1. The zero-order valence-electron chi connectivity index (χ0n) is 17.0. The number of allylic oxidation sites excluding steroid dienone is 2. The summed E-state index contributed by atoms with van der Waals surface area (Å²) in [5.74, 6) is -0.671. The number of amides is 4. The van der Waals surface area contributed by atoms with Gasteiger partial charge in [-0.05, 0) is 42.4 Å². The van der Waals surface area contributed by atoms with Gasteiger partial charge in [-0.1, -0.05) is 35.6 Å². The van der Waals surface area contributed by atoms with Gasteiger partial charge in [-0.2, -0.15) is 13.2 Å². The lowest BCUT2D eigenvalue weighted by atomic mass is 9.63. The monoisotopic (exact) mass is 477 g/mol. The number of halogens is 3. The fourth-order valence-corrected chi connectivity index (χ4v) is 5.41. The van der Waals surface area contributed by atoms with Gasteiger partial charge in [-0.3, -0.25) is 19.8 Å². The van der Waals surface area contributed by atoms with Gasteiger partial charge in [-0.15, -0.1) is 10.2 Å². The first-order valence-corrected chi connectivity index (χ1v) is 11.1. The van der Waals surface area contributed by atoms with Gasteiger partial charge < -0.3 is 5.32 Å². The number of nitrogens with zero attached hydrogens (tertiary/aromatic N) is 3. The van der Waals surface area contributed by atoms with E-state index in [-0.39, 0.29) is 58.5 Å². The first-order valence-electron chi connectivity index (χ1n) is 10.3. The lowest BCUT2D eigenvalue weighted by Crippen LogP contribution is -2.38. The molecule has 1 aliphatic heterocycles. The van der Waals surface area contributed by atoms with Gasteiger partial charge in [0.05, 0.1) is 17.5 Å². The largest absolute Gasteiger partial charge is 0.445 e. The molecule has 172 valence electrons. The van der Waals surface area contributed by atoms with Crippen molar-refractivity contribution in [3.63, 3.8) is 0 Å². The molecule has 2 N–H and O–H groups in total. The molecule has 12 heteroatoms. The second-order valence-electron chi connectivity index (χ2n) is 8.24. The number of carbonyl (C=O) groups excluding carboxylic acids is 3. The SMILES string of the molecule is O=C(NCc1ccc(N2C(=O)C3C4C=CC(CC4)C3C2=O)cc1)Nc1nnc(C(F)(F)F)s1. The van der Waals surface area contributed by atoms with Crippen LogP contribution >= 0.6 is 11.3 Å². The number of hydrogen-bond donors (Lipinski definition) is 2. The molecule has 2 fully saturated rings. The number of aromatic nitrogens is 2. The Balaban J connectivity index is 1.20. The van der Waals surface area contributed by atoms with E-state index in [1.807, 2.05) is 0 Å². The highest BCUT2D eigenvalue weighted by molar-refractivity contribution is 7.15. The van der Waals surface area contributed by atoms with Gasteiger partial charge in [-0.25, -0.2) is 4.79 Å². The Morgan fingerprint density at radius 1 is 1.03 bits per heavy atom. The summed E-state index contributed by atoms with van der Waals surface area (Å²) in [6, 6.07) is 5.92. The number of anilines is 2. The highest BCUT2D eigenvalue weighted by Crippen LogP contribution is 2.50. The van der Waals surface area contributed by atoms with Crippen LogP contribution in [0.2, 0.25) is 0 Å². The maximum absolute atomic E-state index is 13.0. The first-order chi connectivity index (χ1) is 15.7. The zero-order valence-corrected chi connectivity index (χ0v) is 17.8. The number of imide groups is 1. The lowest BCUT2D eigenvalue weighted by molar-refractivity contribution is -0.138. The number of urea groups is 1. The van der Waals surface area contributed by atoms with Crippen molar-refractivity contribution >= 4 is 40.0 Å². The minimum atomic E-state index is -4.62. The van der Waals surface area contributed by atoms with Gasteiger partial charge in [0.1, 0.15) is 0 Å². The number of rotatable bonds is 4. The van der Waals surface area contributed by atoms with Gasteiger partial charge in [0.2, 0.25) is 22.0 Å². The number of nitrogens with one attached hydrogen (secondary N) is 2. The summed E-state index contributed by atoms with van der Waals surface area (Å²) in [6.07, 6.45) is 1.36. The van der Waals surface area contributed by atoms with E-state index >= 15 is 0 Å². The smallest absolute Gasteiger partial charge is 0.334 e. The third kappa shape index (κ3) is 3.88. The molecule has 2 aromatic rings. The maximum atomic E-state index is 13.0. The molecule has 6 rings (SSSR count). The van der Waals surface area contributed by atoms with E-state index in [4.69, 9.17) is 0 Å². The predicted molar refractivity (Wildman–Crippen MR) is 112 cm³/mol. The molecule has 4 amide bonds. The summed E-state index contributed by atoms with van der Waals surface area (Å²) in [6.45, 7) is 0.0816. The average Bonchev–Trinajstić information content (AvgIpc) is 3.37. The van der Waals surface area contributed by atoms with Crippen molar-refractivity contribution in [1.82, 2.24) is 15.5 Å². The fourth-order valence-electron chi connectivity index (χ4n) is 4.80. The van der Waals surface area contributed by atoms with Crippen molar-refractivity contribution in [3.05, 3.63) is 47.0 Å². The van der Waals surface area contributed by atoms with Crippen LogP contribution in [0.25, 0.3) is 0 Å². The van der Waals surface area contributed by atoms with E-state index < -0.39 is 17.2 Å². The van der Waals surface area contributed by atoms with Crippen molar-refractivity contribution in [2.75, 3.05) is 10.2 Å². The van der Waals surface area contributed by atoms with Crippen molar-refractivity contribution in [2.45, 2.75) is 25.6 Å². The number of benzene rings is 1. The minimum Gasteiger partial charge on any atom is -0.334 e. The van der Waals surface area contributed by atoms with Crippen LogP contribution < -0.4 is 15.5 Å². The Labute approximate surface area is 189 Å². The van der Waals surface area contributed by atoms with Crippen molar-refractivity contribution in [3.8, 4) is 0 Å². The molecule has 8 nitrogen and oxygen atoms in total. The zero-order chi connectivity index (χ0) is 23.3. The number of fused-ring (bicyclic) bond motifs is 1. The van der Waals surface area contributed by atoms with E-state index in [1.165, 1.54) is 4.90 Å². The molecule has 2 bridgehead atoms. The highest BCUT2D eigenvalue weighted by Gasteiger charge is 2.56. The summed E-state index contributed by atoms with van der Waals surface area (Å²) >= 11 is 0.226. The molecule has 2 heterocycles. The van der Waals surface area contributed by atoms with E-state index in [1.54, 1.807) is 24.3 Å². The Morgan fingerprint density at radius 2 is 1.64 bits per heavy atom. The average molecular weight is 477 g/mol. The van der Waals surface area contributed by atoms with E-state index in [9.17, 15) is 27.6 Å². The Kier molecular flexibility index (Phi) is 5.19. The minimum absolute atomic E-state index is 0.0816. The van der Waals surface area contributed by atoms with Crippen LogP contribution in [0, 0.1) is 23.7 Å². The van der Waals surface area contributed by atoms with Crippen LogP contribution in [-0.4, -0.2) is 28.0 Å². The van der Waals surface area contributed by atoms with Gasteiger partial charge in [0.25, 0.3) is 0 Å². The van der Waals surface area contributed by atoms with Crippen molar-refractivity contribution in [1.29, 1.82) is 0 Å². The summed E-state index contributed by atoms with van der Waals surface area (Å²) in [4.78, 5) is 39.2. The van der Waals surface area contributed by atoms with Gasteiger partial charge in [0, 0.05) is 6.54 Å². The molecule has 1 aromatic heterocycles. The van der Waals surface area contributed by atoms with E-state index in [0.717, 1.165) is 12.8 Å². The molecular formula is C21H18F3N5O3S. The van der Waals surface area contributed by atoms with Crippen LogP contribution in [0.4, 0.5) is 28.8 Å². The molecule has 0 radical (unpaired) electrons. The maximum Gasteiger partial charge on any atom is 0.445 e. The standard InChI is InChI=1S/C21H18F3N5O3S/c22-21(23,24)18-27-28-20(33-18)26-19(32)25-9-10-1-7-13(8-2-10)29-16(30)14-11-3-4-12(6-5-11)15(14)17(29)31/h1-4,7-8,11-12,14-15H,5-6,9H2,(H2,25,26,28,32). The lowest BCUT2D eigenvalue weighted by Gasteiger charge is -2.38. The Morgan fingerprint density at radius 3 is 2.15 bits per heavy atom. The summed E-state index contributed by atoms with van der Waals surface area (Å²) in [5, 5.41) is 9.59. The third-order valence-electron chi connectivity index (χ3n) is 6.29. The Bertz CT molecular complexity index is 1110. The number of carbonyl (C=O) groups is 3. The molecule has 4 aliphatic rings. The molecular weight excluding hydrogens is 459 g/mol. The molecule has 1 saturated heterocycles. The summed E-state index contributed by atoms with van der Waals surface area (Å²) < 4.78 is 37.7. The van der Waals surface area contributed by atoms with Crippen molar-refractivity contribution < 1.29 is 27.6 Å². The second-order valence-corrected chi connectivity index (χ2v) is 9.22. The molecule has 4 unspecified atom stereocenters. The molecule has 33 heavy (non-hydrogen) atoms. The van der Waals surface area contributed by atoms with Crippen LogP contribution in [0.1, 0.15) is 23.4 Å². The summed E-state index contributed by atoms with van der Waals surface area (Å²) in [7, 11) is 0. The topological polar surface area (TPSA) is 104 Å². The quantitative estimate of drug-likeness (QED) is 0.518. The van der Waals surface area contributed by atoms with E-state index in [2.05, 4.69) is 33.0 Å². The molecule has 1 aromatic carbocycles. The third-order valence-corrected chi connectivity index (χ3v) is 7.18. The van der Waals surface area contributed by atoms with Crippen molar-refractivity contribution in [2.24, 2.45) is 23.7 Å². The second kappa shape index (κ2) is 7.94. The fraction of sp³-hybridized carbons (Fsp3) is 0.381. The Hall–Kier alpha value is -3.28. The molecule has 1 saturated carbocycles. The number of alkyl halides is 3. The molecule has 4 atom stereocenters. The van der Waals surface area contributed by atoms with Crippen LogP contribution in [-0.2, 0) is 22.3 Å². The molecule has 0 spiro atoms. The normalized spacial score (nSPS) is 26.0. The van der Waals surface area contributed by atoms with Crippen LogP contribution in [0.15, 0.2) is 36.4 Å². The first kappa shape index (κ1) is 21.6. The number of hydrogen-bond acceptors (Lipinski definition) is 6. The predicted octanol–water partition coefficient (Wildman–Crippen LogP) is 3.58. The van der Waals surface area contributed by atoms with E-state index in [0.29, 0.717) is 11.3 Å². The summed E-state index contributed by atoms with van der Waals surface area (Å²) in [5.41, 5.74) is 1.17. The van der Waals surface area contributed by atoms with Gasteiger partial charge >= 0.3 is 12.2 Å². The van der Waals surface area contributed by atoms with Gasteiger partial charge in [0.15, 0.2) is 0 Å².